The number of pyridine rings is 1. The van der Waals surface area contributed by atoms with Gasteiger partial charge >= 0.3 is 0 Å². The lowest BCUT2D eigenvalue weighted by molar-refractivity contribution is 0.596. The summed E-state index contributed by atoms with van der Waals surface area (Å²) in [6.07, 6.45) is 9.47. The summed E-state index contributed by atoms with van der Waals surface area (Å²) in [6, 6.07) is 3.50. The Labute approximate surface area is 118 Å². The van der Waals surface area contributed by atoms with E-state index in [-0.39, 0.29) is 4.91 Å². The van der Waals surface area contributed by atoms with E-state index < -0.39 is 10.0 Å². The fourth-order valence-electron chi connectivity index (χ4n) is 1.91. The molecule has 0 spiro atoms. The molecule has 0 fully saturated rings. The van der Waals surface area contributed by atoms with Gasteiger partial charge in [-0.15, -0.1) is 0 Å². The van der Waals surface area contributed by atoms with E-state index in [4.69, 9.17) is 0 Å². The molecule has 2 aromatic rings. The first-order chi connectivity index (χ1) is 9.50. The molecule has 104 valence electrons. The second-order valence-electron chi connectivity index (χ2n) is 4.32. The normalized spacial score (nSPS) is 13.2. The second-order valence-corrected chi connectivity index (χ2v) is 6.13. The molecule has 2 heterocycles. The van der Waals surface area contributed by atoms with E-state index in [9.17, 15) is 8.42 Å². The third kappa shape index (κ3) is 2.44. The van der Waals surface area contributed by atoms with Gasteiger partial charge in [0, 0.05) is 12.4 Å². The van der Waals surface area contributed by atoms with Crippen molar-refractivity contribution in [3.63, 3.8) is 0 Å². The van der Waals surface area contributed by atoms with Gasteiger partial charge < -0.3 is 0 Å². The van der Waals surface area contributed by atoms with Crippen molar-refractivity contribution in [2.24, 2.45) is 0 Å². The predicted octanol–water partition coefficient (Wildman–Crippen LogP) is 3.17. The molecule has 5 heteroatoms. The summed E-state index contributed by atoms with van der Waals surface area (Å²) in [5, 5.41) is 0. The monoisotopic (exact) mass is 288 g/mol. The smallest absolute Gasteiger partial charge is 0.254 e. The van der Waals surface area contributed by atoms with Crippen LogP contribution in [0.4, 0.5) is 0 Å². The highest BCUT2D eigenvalue weighted by molar-refractivity contribution is 7.94. The van der Waals surface area contributed by atoms with E-state index in [1.807, 2.05) is 13.0 Å². The summed E-state index contributed by atoms with van der Waals surface area (Å²) < 4.78 is 26.5. The van der Waals surface area contributed by atoms with Crippen molar-refractivity contribution < 1.29 is 8.42 Å². The van der Waals surface area contributed by atoms with E-state index >= 15 is 0 Å². The van der Waals surface area contributed by atoms with Gasteiger partial charge in [0.2, 0.25) is 0 Å². The SMILES string of the molecule is C=C/C=C\C(=C/C)S(=O)(=O)n1ccc2ncc(C)cc21. The molecule has 2 aromatic heterocycles. The van der Waals surface area contributed by atoms with Crippen LogP contribution in [0.25, 0.3) is 11.0 Å². The molecule has 0 aliphatic carbocycles. The van der Waals surface area contributed by atoms with Crippen LogP contribution in [0, 0.1) is 6.92 Å². The van der Waals surface area contributed by atoms with Gasteiger partial charge in [-0.1, -0.05) is 24.8 Å². The first-order valence-corrected chi connectivity index (χ1v) is 7.59. The molecule has 20 heavy (non-hydrogen) atoms. The maximum Gasteiger partial charge on any atom is 0.267 e. The zero-order chi connectivity index (χ0) is 14.8. The lowest BCUT2D eigenvalue weighted by atomic mass is 10.3. The summed E-state index contributed by atoms with van der Waals surface area (Å²) in [5.74, 6) is 0. The number of aromatic nitrogens is 2. The van der Waals surface area contributed by atoms with Crippen LogP contribution in [0.2, 0.25) is 0 Å². The highest BCUT2D eigenvalue weighted by atomic mass is 32.2. The molecule has 0 N–H and O–H groups in total. The van der Waals surface area contributed by atoms with Gasteiger partial charge in [-0.05, 0) is 37.6 Å². The lowest BCUT2D eigenvalue weighted by Crippen LogP contribution is -2.13. The number of allylic oxidation sites excluding steroid dienone is 4. The Morgan fingerprint density at radius 2 is 2.20 bits per heavy atom. The molecule has 0 aliphatic rings. The van der Waals surface area contributed by atoms with Crippen LogP contribution in [0.15, 0.2) is 60.3 Å². The molecule has 2 rings (SSSR count). The summed E-state index contributed by atoms with van der Waals surface area (Å²) in [6.45, 7) is 7.12. The van der Waals surface area contributed by atoms with Gasteiger partial charge in [0.1, 0.15) is 0 Å². The van der Waals surface area contributed by atoms with Gasteiger partial charge in [0.15, 0.2) is 0 Å². The Morgan fingerprint density at radius 3 is 2.85 bits per heavy atom. The molecule has 0 saturated heterocycles. The van der Waals surface area contributed by atoms with Gasteiger partial charge in [-0.2, -0.15) is 0 Å². The quantitative estimate of drug-likeness (QED) is 0.812. The molecule has 0 aromatic carbocycles. The van der Waals surface area contributed by atoms with E-state index in [1.54, 1.807) is 37.4 Å². The summed E-state index contributed by atoms with van der Waals surface area (Å²) >= 11 is 0. The average Bonchev–Trinajstić information content (AvgIpc) is 2.82. The van der Waals surface area contributed by atoms with Crippen molar-refractivity contribution in [1.82, 2.24) is 8.96 Å². The molecule has 0 radical (unpaired) electrons. The summed E-state index contributed by atoms with van der Waals surface area (Å²) in [5.41, 5.74) is 2.15. The van der Waals surface area contributed by atoms with Crippen LogP contribution < -0.4 is 0 Å². The Balaban J connectivity index is 2.65. The summed E-state index contributed by atoms with van der Waals surface area (Å²) in [7, 11) is -3.62. The van der Waals surface area contributed by atoms with Gasteiger partial charge in [-0.25, -0.2) is 12.4 Å². The van der Waals surface area contributed by atoms with E-state index in [0.29, 0.717) is 11.0 Å². The maximum atomic E-state index is 12.6. The van der Waals surface area contributed by atoms with Crippen molar-refractivity contribution >= 4 is 21.1 Å². The molecule has 0 saturated carbocycles. The summed E-state index contributed by atoms with van der Waals surface area (Å²) in [4.78, 5) is 4.44. The van der Waals surface area contributed by atoms with E-state index in [1.165, 1.54) is 16.2 Å². The van der Waals surface area contributed by atoms with Crippen molar-refractivity contribution in [2.75, 3.05) is 0 Å². The first-order valence-electron chi connectivity index (χ1n) is 6.15. The number of fused-ring (bicyclic) bond motifs is 1. The standard InChI is InChI=1S/C15H16N2O2S/c1-4-6-7-13(5-2)20(18,19)17-9-8-14-15(17)10-12(3)11-16-14/h4-11H,1H2,2-3H3/b7-6-,13-5+. The van der Waals surface area contributed by atoms with Gasteiger partial charge in [0.05, 0.1) is 15.9 Å². The zero-order valence-electron chi connectivity index (χ0n) is 11.4. The Hall–Kier alpha value is -2.14. The number of rotatable bonds is 4. The number of hydrogen-bond acceptors (Lipinski definition) is 3. The third-order valence-corrected chi connectivity index (χ3v) is 4.68. The van der Waals surface area contributed by atoms with Crippen LogP contribution in [-0.2, 0) is 10.0 Å². The van der Waals surface area contributed by atoms with Crippen LogP contribution in [0.1, 0.15) is 12.5 Å². The van der Waals surface area contributed by atoms with Gasteiger partial charge in [-0.3, -0.25) is 4.98 Å². The fourth-order valence-corrected chi connectivity index (χ4v) is 3.31. The number of hydrogen-bond donors (Lipinski definition) is 0. The number of nitrogens with zero attached hydrogens (tertiary/aromatic N) is 2. The zero-order valence-corrected chi connectivity index (χ0v) is 12.3. The van der Waals surface area contributed by atoms with Crippen molar-refractivity contribution in [1.29, 1.82) is 0 Å². The van der Waals surface area contributed by atoms with Crippen LogP contribution in [0.5, 0.6) is 0 Å². The minimum Gasteiger partial charge on any atom is -0.254 e. The Kier molecular flexibility index (Phi) is 3.90. The molecule has 0 aliphatic heterocycles. The molecule has 0 atom stereocenters. The van der Waals surface area contributed by atoms with E-state index in [0.717, 1.165) is 5.56 Å². The molecule has 4 nitrogen and oxygen atoms in total. The Morgan fingerprint density at radius 1 is 1.45 bits per heavy atom. The van der Waals surface area contributed by atoms with Crippen molar-refractivity contribution in [2.45, 2.75) is 13.8 Å². The molecule has 0 unspecified atom stereocenters. The maximum absolute atomic E-state index is 12.6. The molecular formula is C15H16N2O2S. The van der Waals surface area contributed by atoms with Crippen molar-refractivity contribution in [3.05, 3.63) is 65.9 Å². The molecule has 0 bridgehead atoms. The van der Waals surface area contributed by atoms with Crippen LogP contribution in [-0.4, -0.2) is 17.4 Å². The third-order valence-electron chi connectivity index (χ3n) is 2.88. The topological polar surface area (TPSA) is 52.0 Å². The minimum absolute atomic E-state index is 0.219. The van der Waals surface area contributed by atoms with Gasteiger partial charge in [0.25, 0.3) is 10.0 Å². The molecular weight excluding hydrogens is 272 g/mol. The van der Waals surface area contributed by atoms with Crippen molar-refractivity contribution in [3.8, 4) is 0 Å². The number of aryl methyl sites for hydroxylation is 1. The largest absolute Gasteiger partial charge is 0.267 e. The lowest BCUT2D eigenvalue weighted by Gasteiger charge is -2.08. The second kappa shape index (κ2) is 5.46. The van der Waals surface area contributed by atoms with E-state index in [2.05, 4.69) is 11.6 Å². The first kappa shape index (κ1) is 14.3. The average molecular weight is 288 g/mol. The molecule has 0 amide bonds. The minimum atomic E-state index is -3.62. The fraction of sp³-hybridized carbons (Fsp3) is 0.133. The Bertz CT molecular complexity index is 812. The van der Waals surface area contributed by atoms with Crippen LogP contribution in [0.3, 0.4) is 0 Å². The highest BCUT2D eigenvalue weighted by Gasteiger charge is 2.19. The van der Waals surface area contributed by atoms with Crippen LogP contribution >= 0.6 is 0 Å². The predicted molar refractivity (Wildman–Crippen MR) is 81.9 cm³/mol. The highest BCUT2D eigenvalue weighted by Crippen LogP contribution is 2.21.